The van der Waals surface area contributed by atoms with Gasteiger partial charge in [-0.1, -0.05) is 0 Å². The molecule has 0 aromatic rings. The molecule has 0 heterocycles. The predicted octanol–water partition coefficient (Wildman–Crippen LogP) is 2.00. The summed E-state index contributed by atoms with van der Waals surface area (Å²) in [5.41, 5.74) is 0. The van der Waals surface area contributed by atoms with Crippen molar-refractivity contribution < 1.29 is 0 Å². The van der Waals surface area contributed by atoms with Crippen molar-refractivity contribution in [2.45, 2.75) is 0 Å². The van der Waals surface area contributed by atoms with Crippen LogP contribution in [0.3, 0.4) is 0 Å². The van der Waals surface area contributed by atoms with Gasteiger partial charge in [-0.05, 0) is 0 Å². The summed E-state index contributed by atoms with van der Waals surface area (Å²) in [5.74, 6) is 0. The van der Waals surface area contributed by atoms with Crippen molar-refractivity contribution in [2.75, 3.05) is 0 Å². The summed E-state index contributed by atoms with van der Waals surface area (Å²) >= 11 is 4.77. The molecule has 25 valence electrons. The topological polar surface area (TPSA) is 0 Å². The molecule has 0 aliphatic carbocycles. The van der Waals surface area contributed by atoms with Gasteiger partial charge in [0.25, 0.3) is 0 Å². The summed E-state index contributed by atoms with van der Waals surface area (Å²) in [5, 5.41) is 0. The Morgan fingerprint density at radius 1 is 1.50 bits per heavy atom. The Hall–Kier alpha value is 2.17. The van der Waals surface area contributed by atoms with E-state index in [1.54, 1.807) is 0 Å². The molecule has 0 bridgehead atoms. The Kier molecular flexibility index (Phi) is 5.19. The van der Waals surface area contributed by atoms with Crippen LogP contribution in [0.15, 0.2) is 0 Å². The van der Waals surface area contributed by atoms with Crippen LogP contribution in [0, 0.1) is 0 Å². The Morgan fingerprint density at radius 3 is 1.50 bits per heavy atom. The quantitative estimate of drug-likeness (QED) is 0.544. The van der Waals surface area contributed by atoms with E-state index in [2.05, 4.69) is 24.0 Å². The van der Waals surface area contributed by atoms with E-state index in [1.165, 1.54) is 0 Å². The third kappa shape index (κ3) is 8.90. The molecule has 0 aliphatic rings. The second-order valence-electron chi connectivity index (χ2n) is 0.214. The first-order valence-corrected chi connectivity index (χ1v) is 22.2. The van der Waals surface area contributed by atoms with Gasteiger partial charge in [0.05, 0.1) is 0 Å². The van der Waals surface area contributed by atoms with E-state index >= 15 is 0 Å². The molecule has 0 saturated heterocycles. The monoisotopic (exact) mass is 401 g/mol. The van der Waals surface area contributed by atoms with Gasteiger partial charge in [0.1, 0.15) is 0 Å². The van der Waals surface area contributed by atoms with Crippen LogP contribution < -0.4 is 0 Å². The third-order valence-electron chi connectivity index (χ3n) is 0. The van der Waals surface area contributed by atoms with Gasteiger partial charge in [-0.3, -0.25) is 0 Å². The van der Waals surface area contributed by atoms with Crippen LogP contribution in [0.1, 0.15) is 0 Å². The second-order valence-corrected chi connectivity index (χ2v) is 36.5. The molecule has 0 rings (SSSR count). The zero-order chi connectivity index (χ0) is 3.58. The number of hydrogen-bond acceptors (Lipinski definition) is 0. The van der Waals surface area contributed by atoms with Crippen molar-refractivity contribution in [2.24, 2.45) is 0 Å². The Morgan fingerprint density at radius 2 is 1.50 bits per heavy atom. The first kappa shape index (κ1) is 6.17. The van der Waals surface area contributed by atoms with Gasteiger partial charge >= 0.3 is 48.9 Å². The van der Waals surface area contributed by atoms with Crippen LogP contribution in [0.4, 0.5) is 0 Å². The molecule has 0 aliphatic heterocycles. The van der Waals surface area contributed by atoms with E-state index < -0.39 is 16.7 Å². The molecule has 0 amide bonds. The fourth-order valence-electron chi connectivity index (χ4n) is 0. The molecule has 0 aromatic heterocycles. The van der Waals surface area contributed by atoms with E-state index in [0.29, 0.717) is 0 Å². The van der Waals surface area contributed by atoms with Gasteiger partial charge in [-0.2, -0.15) is 0 Å². The minimum atomic E-state index is -1.56. The molecule has 0 unspecified atom stereocenters. The van der Waals surface area contributed by atoms with Gasteiger partial charge in [0.2, 0.25) is 0 Å². The average molecular weight is 402 g/mol. The Bertz CT molecular complexity index is 10.8. The van der Waals surface area contributed by atoms with Crippen molar-refractivity contribution in [3.05, 3.63) is 0 Å². The Balaban J connectivity index is 2.32. The molecular weight excluding hydrogens is 402 g/mol. The second kappa shape index (κ2) is 3.37. The third-order valence-corrected chi connectivity index (χ3v) is 0. The number of halogens is 3. The van der Waals surface area contributed by atoms with E-state index in [9.17, 15) is 0 Å². The fraction of sp³-hybridized carbons (Fsp3) is 0. The van der Waals surface area contributed by atoms with Crippen LogP contribution in [-0.4, -0.2) is 16.7 Å². The molecule has 0 aromatic carbocycles. The van der Waals surface area contributed by atoms with E-state index in [1.807, 2.05) is 0 Å². The minimum absolute atomic E-state index is 1.56. The molecule has 4 heteroatoms. The van der Waals surface area contributed by atoms with Crippen molar-refractivity contribution in [1.29, 1.82) is 0 Å². The summed E-state index contributed by atoms with van der Waals surface area (Å²) in [7, 11) is 5.32. The van der Waals surface area contributed by atoms with Gasteiger partial charge in [0.15, 0.2) is 0 Å². The van der Waals surface area contributed by atoms with Crippen LogP contribution in [0.25, 0.3) is 0 Å². The standard InChI is InChI=1S/2BrH.ClH.Pb/h3*1H;/q;;;+3/p-3. The summed E-state index contributed by atoms with van der Waals surface area (Å²) in [4.78, 5) is 0. The molecule has 0 atom stereocenters. The molecule has 0 spiro atoms. The predicted molar refractivity (Wildman–Crippen MR) is 29.5 cm³/mol. The molecule has 0 N–H and O–H groups in total. The molecule has 1 radical (unpaired) electrons. The SMILES string of the molecule is [Cl][Pb]([Br])[Br]. The van der Waals surface area contributed by atoms with E-state index in [4.69, 9.17) is 8.32 Å². The molecule has 4 heavy (non-hydrogen) atoms. The van der Waals surface area contributed by atoms with Gasteiger partial charge in [-0.25, -0.2) is 0 Å². The first-order valence-electron chi connectivity index (χ1n) is 0.567. The van der Waals surface area contributed by atoms with E-state index in [-0.39, 0.29) is 0 Å². The molecule has 0 saturated carbocycles. The van der Waals surface area contributed by atoms with Gasteiger partial charge in [-0.15, -0.1) is 0 Å². The van der Waals surface area contributed by atoms with Gasteiger partial charge in [0, 0.05) is 0 Å². The zero-order valence-electron chi connectivity index (χ0n) is 1.63. The first-order chi connectivity index (χ1) is 1.73. The van der Waals surface area contributed by atoms with Crippen molar-refractivity contribution in [3.8, 4) is 0 Å². The van der Waals surface area contributed by atoms with Crippen LogP contribution in [0.2, 0.25) is 0 Å². The summed E-state index contributed by atoms with van der Waals surface area (Å²) in [6.45, 7) is 0. The summed E-state index contributed by atoms with van der Waals surface area (Å²) < 4.78 is 0. The number of hydrogen-bond donors (Lipinski definition) is 0. The number of rotatable bonds is 0. The molecule has 0 nitrogen and oxygen atoms in total. The average Bonchev–Trinajstić information content (AvgIpc) is 0.811. The summed E-state index contributed by atoms with van der Waals surface area (Å²) in [6.07, 6.45) is 0. The van der Waals surface area contributed by atoms with Crippen LogP contribution >= 0.6 is 32.3 Å². The fourth-order valence-corrected chi connectivity index (χ4v) is 0. The van der Waals surface area contributed by atoms with Crippen LogP contribution in [-0.2, 0) is 0 Å². The zero-order valence-corrected chi connectivity index (χ0v) is 9.45. The van der Waals surface area contributed by atoms with E-state index in [0.717, 1.165) is 0 Å². The van der Waals surface area contributed by atoms with Crippen molar-refractivity contribution in [3.63, 3.8) is 0 Å². The molecule has 0 fully saturated rings. The van der Waals surface area contributed by atoms with Gasteiger partial charge < -0.3 is 0 Å². The maximum atomic E-state index is 5.32. The molecular formula is Br2ClPb. The van der Waals surface area contributed by atoms with Crippen molar-refractivity contribution >= 4 is 48.9 Å². The summed E-state index contributed by atoms with van der Waals surface area (Å²) in [6, 6.07) is 0. The normalized spacial score (nSPS) is 9.00. The maximum absolute atomic E-state index is 5.32. The van der Waals surface area contributed by atoms with Crippen LogP contribution in [0.5, 0.6) is 0 Å². The Labute approximate surface area is 48.1 Å². The van der Waals surface area contributed by atoms with Crippen molar-refractivity contribution in [1.82, 2.24) is 0 Å².